The molecule has 4 nitrogen and oxygen atoms in total. The van der Waals surface area contributed by atoms with Crippen LogP contribution >= 0.6 is 11.8 Å². The highest BCUT2D eigenvalue weighted by Gasteiger charge is 2.17. The Morgan fingerprint density at radius 3 is 2.85 bits per heavy atom. The molecule has 1 rings (SSSR count). The third-order valence-corrected chi connectivity index (χ3v) is 3.68. The van der Waals surface area contributed by atoms with E-state index in [1.807, 2.05) is 7.05 Å². The summed E-state index contributed by atoms with van der Waals surface area (Å²) in [6.07, 6.45) is 4.65. The quantitative estimate of drug-likeness (QED) is 0.837. The molecule has 0 aromatic carbocycles. The lowest BCUT2D eigenvalue weighted by Gasteiger charge is -2.24. The zero-order valence-corrected chi connectivity index (χ0v) is 13.0. The first-order valence-electron chi connectivity index (χ1n) is 6.51. The molecule has 0 radical (unpaired) electrons. The summed E-state index contributed by atoms with van der Waals surface area (Å²) in [6.45, 7) is 2.37. The Balaban J connectivity index is 2.71. The van der Waals surface area contributed by atoms with E-state index in [1.54, 1.807) is 35.0 Å². The van der Waals surface area contributed by atoms with Gasteiger partial charge in [-0.25, -0.2) is 4.98 Å². The van der Waals surface area contributed by atoms with E-state index in [0.29, 0.717) is 12.2 Å². The fourth-order valence-electron chi connectivity index (χ4n) is 1.61. The van der Waals surface area contributed by atoms with Crippen molar-refractivity contribution in [2.75, 3.05) is 25.6 Å². The van der Waals surface area contributed by atoms with E-state index in [2.05, 4.69) is 30.0 Å². The summed E-state index contributed by atoms with van der Waals surface area (Å²) in [5.74, 6) is 6.63. The number of nitrogens with two attached hydrogens (primary N) is 1. The van der Waals surface area contributed by atoms with Crippen molar-refractivity contribution in [3.63, 3.8) is 0 Å². The first-order valence-corrected chi connectivity index (χ1v) is 7.90. The van der Waals surface area contributed by atoms with E-state index in [1.165, 1.54) is 0 Å². The van der Waals surface area contributed by atoms with Gasteiger partial charge in [0.2, 0.25) is 0 Å². The molecule has 0 fully saturated rings. The second kappa shape index (κ2) is 8.62. The van der Waals surface area contributed by atoms with Crippen LogP contribution in [0.2, 0.25) is 0 Å². The summed E-state index contributed by atoms with van der Waals surface area (Å²) in [5, 5.41) is 0. The Kier molecular flexibility index (Phi) is 7.13. The third kappa shape index (κ3) is 4.87. The molecular formula is C15H21N3OS. The number of carbonyl (C=O) groups is 1. The van der Waals surface area contributed by atoms with Crippen LogP contribution in [-0.2, 0) is 0 Å². The van der Waals surface area contributed by atoms with Crippen molar-refractivity contribution in [3.05, 3.63) is 29.6 Å². The number of aromatic nitrogens is 1. The zero-order chi connectivity index (χ0) is 15.0. The van der Waals surface area contributed by atoms with Crippen molar-refractivity contribution in [1.82, 2.24) is 9.88 Å². The number of thioether (sulfide) groups is 1. The summed E-state index contributed by atoms with van der Waals surface area (Å²) >= 11 is 1.79. The Labute approximate surface area is 125 Å². The molecule has 108 valence electrons. The summed E-state index contributed by atoms with van der Waals surface area (Å²) in [5.41, 5.74) is 6.53. The Morgan fingerprint density at radius 1 is 1.55 bits per heavy atom. The van der Waals surface area contributed by atoms with Crippen LogP contribution in [0, 0.1) is 11.8 Å². The lowest BCUT2D eigenvalue weighted by atomic mass is 10.2. The van der Waals surface area contributed by atoms with Crippen molar-refractivity contribution in [3.8, 4) is 11.8 Å². The number of pyridine rings is 1. The smallest absolute Gasteiger partial charge is 0.272 e. The molecule has 0 aliphatic carbocycles. The Hall–Kier alpha value is -1.51. The lowest BCUT2D eigenvalue weighted by Crippen LogP contribution is -2.35. The average molecular weight is 291 g/mol. The van der Waals surface area contributed by atoms with Crippen molar-refractivity contribution in [2.24, 2.45) is 5.73 Å². The van der Waals surface area contributed by atoms with Crippen LogP contribution in [0.1, 0.15) is 29.4 Å². The number of rotatable bonds is 5. The minimum atomic E-state index is -0.0584. The van der Waals surface area contributed by atoms with Gasteiger partial charge in [0, 0.05) is 24.8 Å². The van der Waals surface area contributed by atoms with Crippen LogP contribution < -0.4 is 5.73 Å². The first kappa shape index (κ1) is 16.5. The van der Waals surface area contributed by atoms with Gasteiger partial charge in [-0.2, -0.15) is 11.8 Å². The van der Waals surface area contributed by atoms with Gasteiger partial charge >= 0.3 is 0 Å². The number of carbonyl (C=O) groups excluding carboxylic acids is 1. The molecule has 1 unspecified atom stereocenters. The molecule has 0 saturated carbocycles. The molecular weight excluding hydrogens is 270 g/mol. The van der Waals surface area contributed by atoms with Gasteiger partial charge in [-0.15, -0.1) is 0 Å². The van der Waals surface area contributed by atoms with Gasteiger partial charge in [0.25, 0.3) is 5.91 Å². The summed E-state index contributed by atoms with van der Waals surface area (Å²) in [4.78, 5) is 18.2. The molecule has 1 aromatic rings. The predicted molar refractivity (Wildman–Crippen MR) is 84.7 cm³/mol. The minimum Gasteiger partial charge on any atom is -0.338 e. The van der Waals surface area contributed by atoms with Crippen molar-refractivity contribution >= 4 is 17.7 Å². The SMILES string of the molecule is CSCCC(C)N(C)C(=O)c1ccc(C#CCN)cn1. The lowest BCUT2D eigenvalue weighted by molar-refractivity contribution is 0.0735. The fourth-order valence-corrected chi connectivity index (χ4v) is 2.19. The molecule has 20 heavy (non-hydrogen) atoms. The molecule has 1 heterocycles. The maximum absolute atomic E-state index is 12.3. The van der Waals surface area contributed by atoms with Gasteiger partial charge in [0.15, 0.2) is 0 Å². The average Bonchev–Trinajstić information content (AvgIpc) is 2.49. The van der Waals surface area contributed by atoms with E-state index in [0.717, 1.165) is 17.7 Å². The van der Waals surface area contributed by atoms with E-state index in [-0.39, 0.29) is 11.9 Å². The normalized spacial score (nSPS) is 11.4. The standard InChI is InChI=1S/C15H21N3OS/c1-12(8-10-20-3)18(2)15(19)14-7-6-13(11-17-14)5-4-9-16/h6-7,11-12H,8-10,16H2,1-3H3. The van der Waals surface area contributed by atoms with Crippen molar-refractivity contribution in [1.29, 1.82) is 0 Å². The molecule has 0 spiro atoms. The van der Waals surface area contributed by atoms with E-state index >= 15 is 0 Å². The highest BCUT2D eigenvalue weighted by atomic mass is 32.2. The van der Waals surface area contributed by atoms with Gasteiger partial charge in [-0.1, -0.05) is 11.8 Å². The van der Waals surface area contributed by atoms with Crippen LogP contribution in [0.25, 0.3) is 0 Å². The summed E-state index contributed by atoms with van der Waals surface area (Å²) in [7, 11) is 1.82. The molecule has 1 amide bonds. The van der Waals surface area contributed by atoms with Crippen LogP contribution in [-0.4, -0.2) is 47.4 Å². The Bertz CT molecular complexity index is 490. The molecule has 1 atom stereocenters. The summed E-state index contributed by atoms with van der Waals surface area (Å²) < 4.78 is 0. The van der Waals surface area contributed by atoms with Gasteiger partial charge in [-0.05, 0) is 37.5 Å². The number of nitrogens with zero attached hydrogens (tertiary/aromatic N) is 2. The molecule has 0 bridgehead atoms. The molecule has 2 N–H and O–H groups in total. The van der Waals surface area contributed by atoms with Gasteiger partial charge in [0.05, 0.1) is 6.54 Å². The first-order chi connectivity index (χ1) is 9.60. The van der Waals surface area contributed by atoms with Crippen LogP contribution in [0.15, 0.2) is 18.3 Å². The second-order valence-electron chi connectivity index (χ2n) is 4.48. The monoisotopic (exact) mass is 291 g/mol. The highest BCUT2D eigenvalue weighted by Crippen LogP contribution is 2.10. The van der Waals surface area contributed by atoms with Gasteiger partial charge < -0.3 is 10.6 Å². The second-order valence-corrected chi connectivity index (χ2v) is 5.47. The van der Waals surface area contributed by atoms with E-state index in [9.17, 15) is 4.79 Å². The third-order valence-electron chi connectivity index (χ3n) is 3.04. The van der Waals surface area contributed by atoms with Crippen molar-refractivity contribution in [2.45, 2.75) is 19.4 Å². The summed E-state index contributed by atoms with van der Waals surface area (Å²) in [6, 6.07) is 3.71. The Morgan fingerprint density at radius 2 is 2.30 bits per heavy atom. The van der Waals surface area contributed by atoms with Crippen LogP contribution in [0.3, 0.4) is 0 Å². The van der Waals surface area contributed by atoms with Crippen molar-refractivity contribution < 1.29 is 4.79 Å². The molecule has 0 saturated heterocycles. The fraction of sp³-hybridized carbons (Fsp3) is 0.467. The largest absolute Gasteiger partial charge is 0.338 e. The highest BCUT2D eigenvalue weighted by molar-refractivity contribution is 7.98. The van der Waals surface area contributed by atoms with E-state index in [4.69, 9.17) is 5.73 Å². The molecule has 0 aliphatic rings. The number of amides is 1. The van der Waals surface area contributed by atoms with E-state index < -0.39 is 0 Å². The molecule has 0 aliphatic heterocycles. The van der Waals surface area contributed by atoms with Gasteiger partial charge in [0.1, 0.15) is 5.69 Å². The van der Waals surface area contributed by atoms with Crippen LogP contribution in [0.5, 0.6) is 0 Å². The van der Waals surface area contributed by atoms with Gasteiger partial charge in [-0.3, -0.25) is 4.79 Å². The predicted octanol–water partition coefficient (Wildman–Crippen LogP) is 1.61. The number of hydrogen-bond acceptors (Lipinski definition) is 4. The molecule has 1 aromatic heterocycles. The topological polar surface area (TPSA) is 59.2 Å². The van der Waals surface area contributed by atoms with Crippen LogP contribution in [0.4, 0.5) is 0 Å². The maximum atomic E-state index is 12.3. The zero-order valence-electron chi connectivity index (χ0n) is 12.2. The molecule has 5 heteroatoms. The number of hydrogen-bond donors (Lipinski definition) is 1. The minimum absolute atomic E-state index is 0.0584. The maximum Gasteiger partial charge on any atom is 0.272 e.